The highest BCUT2D eigenvalue weighted by molar-refractivity contribution is 5.74. The van der Waals surface area contributed by atoms with Crippen LogP contribution in [0.3, 0.4) is 0 Å². The molecule has 0 aliphatic carbocycles. The van der Waals surface area contributed by atoms with Gasteiger partial charge in [-0.3, -0.25) is 9.97 Å². The molecule has 0 radical (unpaired) electrons. The smallest absolute Gasteiger partial charge is 0.113 e. The van der Waals surface area contributed by atoms with Crippen molar-refractivity contribution in [2.45, 2.75) is 6.42 Å². The first-order valence-corrected chi connectivity index (χ1v) is 5.10. The minimum Gasteiger partial charge on any atom is -0.342 e. The lowest BCUT2D eigenvalue weighted by Crippen LogP contribution is -1.94. The number of benzene rings is 1. The van der Waals surface area contributed by atoms with Crippen LogP contribution in [0.4, 0.5) is 0 Å². The van der Waals surface area contributed by atoms with Gasteiger partial charge >= 0.3 is 0 Å². The number of para-hydroxylation sites is 2. The number of rotatable bonds is 2. The molecule has 2 heterocycles. The molecule has 1 N–H and O–H groups in total. The third-order valence-corrected chi connectivity index (χ3v) is 2.40. The summed E-state index contributed by atoms with van der Waals surface area (Å²) in [6.07, 6.45) is 5.80. The molecule has 2 aromatic heterocycles. The zero-order valence-electron chi connectivity index (χ0n) is 8.59. The number of fused-ring (bicyclic) bond motifs is 1. The van der Waals surface area contributed by atoms with Crippen molar-refractivity contribution < 1.29 is 0 Å². The summed E-state index contributed by atoms with van der Waals surface area (Å²) < 4.78 is 0. The molecule has 0 saturated carbocycles. The fourth-order valence-electron chi connectivity index (χ4n) is 1.68. The molecule has 0 aliphatic heterocycles. The van der Waals surface area contributed by atoms with Crippen molar-refractivity contribution in [1.82, 2.24) is 19.9 Å². The van der Waals surface area contributed by atoms with Crippen molar-refractivity contribution in [2.24, 2.45) is 0 Å². The molecule has 3 rings (SSSR count). The van der Waals surface area contributed by atoms with E-state index in [9.17, 15) is 0 Å². The largest absolute Gasteiger partial charge is 0.342 e. The van der Waals surface area contributed by atoms with E-state index in [0.29, 0.717) is 6.42 Å². The predicted octanol–water partition coefficient (Wildman–Crippen LogP) is 1.94. The van der Waals surface area contributed by atoms with Gasteiger partial charge in [-0.15, -0.1) is 0 Å². The molecule has 0 spiro atoms. The summed E-state index contributed by atoms with van der Waals surface area (Å²) in [5.41, 5.74) is 2.96. The topological polar surface area (TPSA) is 54.5 Å². The Hall–Kier alpha value is -2.23. The number of imidazole rings is 1. The van der Waals surface area contributed by atoms with Gasteiger partial charge in [0.2, 0.25) is 0 Å². The van der Waals surface area contributed by atoms with E-state index in [2.05, 4.69) is 19.9 Å². The van der Waals surface area contributed by atoms with Crippen LogP contribution < -0.4 is 0 Å². The predicted molar refractivity (Wildman–Crippen MR) is 60.9 cm³/mol. The normalized spacial score (nSPS) is 10.8. The maximum absolute atomic E-state index is 4.48. The van der Waals surface area contributed by atoms with Crippen LogP contribution in [0.1, 0.15) is 11.5 Å². The second-order valence-electron chi connectivity index (χ2n) is 3.57. The molecule has 0 aliphatic rings. The van der Waals surface area contributed by atoms with Gasteiger partial charge in [0.15, 0.2) is 0 Å². The van der Waals surface area contributed by atoms with Crippen molar-refractivity contribution >= 4 is 11.0 Å². The third kappa shape index (κ3) is 1.65. The molecular formula is C12H10N4. The van der Waals surface area contributed by atoms with Gasteiger partial charge in [0, 0.05) is 25.0 Å². The second kappa shape index (κ2) is 3.73. The van der Waals surface area contributed by atoms with Crippen molar-refractivity contribution in [3.63, 3.8) is 0 Å². The summed E-state index contributed by atoms with van der Waals surface area (Å²) in [5.74, 6) is 0.918. The highest BCUT2D eigenvalue weighted by atomic mass is 14.9. The first kappa shape index (κ1) is 9.03. The van der Waals surface area contributed by atoms with Gasteiger partial charge in [0.05, 0.1) is 16.7 Å². The lowest BCUT2D eigenvalue weighted by Gasteiger charge is -1.94. The van der Waals surface area contributed by atoms with Gasteiger partial charge in [0.1, 0.15) is 5.82 Å². The third-order valence-electron chi connectivity index (χ3n) is 2.40. The molecule has 78 valence electrons. The van der Waals surface area contributed by atoms with E-state index in [0.717, 1.165) is 22.6 Å². The number of nitrogens with zero attached hydrogens (tertiary/aromatic N) is 3. The average molecular weight is 210 g/mol. The van der Waals surface area contributed by atoms with Crippen LogP contribution in [0.15, 0.2) is 42.9 Å². The molecule has 0 fully saturated rings. The number of H-pyrrole nitrogens is 1. The lowest BCUT2D eigenvalue weighted by molar-refractivity contribution is 0.964. The highest BCUT2D eigenvalue weighted by Gasteiger charge is 2.03. The number of nitrogens with one attached hydrogen (secondary N) is 1. The molecule has 4 heteroatoms. The monoisotopic (exact) mass is 210 g/mol. The van der Waals surface area contributed by atoms with Crippen LogP contribution in [0.25, 0.3) is 11.0 Å². The Morgan fingerprint density at radius 1 is 1.12 bits per heavy atom. The standard InChI is InChI=1S/C12H10N4/c1-2-4-11-10(3-1)15-12(16-11)7-9-8-13-5-6-14-9/h1-6,8H,7H2,(H,15,16). The Bertz CT molecular complexity index is 567. The molecule has 16 heavy (non-hydrogen) atoms. The maximum atomic E-state index is 4.48. The van der Waals surface area contributed by atoms with E-state index in [4.69, 9.17) is 0 Å². The van der Waals surface area contributed by atoms with E-state index in [-0.39, 0.29) is 0 Å². The molecule has 0 saturated heterocycles. The Balaban J connectivity index is 1.95. The van der Waals surface area contributed by atoms with Crippen molar-refractivity contribution in [1.29, 1.82) is 0 Å². The number of aromatic nitrogens is 4. The van der Waals surface area contributed by atoms with E-state index in [1.807, 2.05) is 24.3 Å². The summed E-state index contributed by atoms with van der Waals surface area (Å²) in [7, 11) is 0. The quantitative estimate of drug-likeness (QED) is 0.703. The highest BCUT2D eigenvalue weighted by Crippen LogP contribution is 2.11. The van der Waals surface area contributed by atoms with E-state index in [1.165, 1.54) is 0 Å². The fourth-order valence-corrected chi connectivity index (χ4v) is 1.68. The van der Waals surface area contributed by atoms with Gasteiger partial charge in [-0.05, 0) is 12.1 Å². The van der Waals surface area contributed by atoms with Crippen LogP contribution in [0.5, 0.6) is 0 Å². The van der Waals surface area contributed by atoms with E-state index in [1.54, 1.807) is 18.6 Å². The lowest BCUT2D eigenvalue weighted by atomic mass is 10.3. The molecule has 1 aromatic carbocycles. The number of hydrogen-bond acceptors (Lipinski definition) is 3. The molecule has 0 atom stereocenters. The zero-order valence-corrected chi connectivity index (χ0v) is 8.59. The number of aromatic amines is 1. The maximum Gasteiger partial charge on any atom is 0.113 e. The van der Waals surface area contributed by atoms with Crippen molar-refractivity contribution in [3.05, 3.63) is 54.4 Å². The van der Waals surface area contributed by atoms with Crippen molar-refractivity contribution in [2.75, 3.05) is 0 Å². The van der Waals surface area contributed by atoms with Gasteiger partial charge in [-0.25, -0.2) is 4.98 Å². The SMILES string of the molecule is c1ccc2[nH]c(Cc3cnccn3)nc2c1. The summed E-state index contributed by atoms with van der Waals surface area (Å²) in [6, 6.07) is 7.98. The number of hydrogen-bond donors (Lipinski definition) is 1. The van der Waals surface area contributed by atoms with Gasteiger partial charge in [0.25, 0.3) is 0 Å². The van der Waals surface area contributed by atoms with E-state index >= 15 is 0 Å². The Kier molecular flexibility index (Phi) is 2.11. The first-order chi connectivity index (χ1) is 7.92. The van der Waals surface area contributed by atoms with Crippen LogP contribution >= 0.6 is 0 Å². The van der Waals surface area contributed by atoms with Gasteiger partial charge in [-0.2, -0.15) is 0 Å². The zero-order chi connectivity index (χ0) is 10.8. The summed E-state index contributed by atoms with van der Waals surface area (Å²) in [5, 5.41) is 0. The van der Waals surface area contributed by atoms with Crippen LogP contribution in [0, 0.1) is 0 Å². The summed E-state index contributed by atoms with van der Waals surface area (Å²) in [6.45, 7) is 0. The Morgan fingerprint density at radius 3 is 2.88 bits per heavy atom. The minimum atomic E-state index is 0.683. The molecule has 3 aromatic rings. The van der Waals surface area contributed by atoms with Crippen LogP contribution in [0.2, 0.25) is 0 Å². The van der Waals surface area contributed by atoms with Gasteiger partial charge < -0.3 is 4.98 Å². The minimum absolute atomic E-state index is 0.683. The first-order valence-electron chi connectivity index (χ1n) is 5.10. The molecule has 0 bridgehead atoms. The molecule has 0 amide bonds. The molecule has 0 unspecified atom stereocenters. The van der Waals surface area contributed by atoms with Crippen LogP contribution in [-0.2, 0) is 6.42 Å². The van der Waals surface area contributed by atoms with E-state index < -0.39 is 0 Å². The Morgan fingerprint density at radius 2 is 2.06 bits per heavy atom. The van der Waals surface area contributed by atoms with Gasteiger partial charge in [-0.1, -0.05) is 12.1 Å². The average Bonchev–Trinajstić information content (AvgIpc) is 2.72. The van der Waals surface area contributed by atoms with Crippen LogP contribution in [-0.4, -0.2) is 19.9 Å². The van der Waals surface area contributed by atoms with Crippen molar-refractivity contribution in [3.8, 4) is 0 Å². The fraction of sp³-hybridized carbons (Fsp3) is 0.0833. The summed E-state index contributed by atoms with van der Waals surface area (Å²) >= 11 is 0. The molecule has 4 nitrogen and oxygen atoms in total. The Labute approximate surface area is 92.4 Å². The summed E-state index contributed by atoms with van der Waals surface area (Å²) in [4.78, 5) is 16.0. The molecular weight excluding hydrogens is 200 g/mol. The second-order valence-corrected chi connectivity index (χ2v) is 3.57.